The van der Waals surface area contributed by atoms with Crippen LogP contribution < -0.4 is 5.32 Å². The minimum atomic E-state index is -0.312. The van der Waals surface area contributed by atoms with Gasteiger partial charge in [-0.1, -0.05) is 48.0 Å². The van der Waals surface area contributed by atoms with E-state index in [2.05, 4.69) is 10.3 Å². The molecular weight excluding hydrogens is 437 g/mol. The Hall–Kier alpha value is -3.06. The van der Waals surface area contributed by atoms with E-state index in [1.165, 1.54) is 23.0 Å². The van der Waals surface area contributed by atoms with Gasteiger partial charge in [-0.25, -0.2) is 9.37 Å². The number of amides is 2. The lowest BCUT2D eigenvalue weighted by molar-refractivity contribution is -0.122. The van der Waals surface area contributed by atoms with Gasteiger partial charge in [0.05, 0.1) is 5.69 Å². The maximum absolute atomic E-state index is 13.7. The number of nitrogens with zero attached hydrogens (tertiary/aromatic N) is 2. The Bertz CT molecular complexity index is 1130. The van der Waals surface area contributed by atoms with Crippen molar-refractivity contribution in [3.8, 4) is 10.6 Å². The Labute approximate surface area is 197 Å². The fourth-order valence-electron chi connectivity index (χ4n) is 4.07. The molecule has 0 unspecified atom stereocenters. The maximum Gasteiger partial charge on any atom is 0.265 e. The molecule has 1 aliphatic rings. The summed E-state index contributed by atoms with van der Waals surface area (Å²) in [4.78, 5) is 32.6. The zero-order chi connectivity index (χ0) is 23.4. The average Bonchev–Trinajstić information content (AvgIpc) is 3.20. The second-order valence-electron chi connectivity index (χ2n) is 8.61. The highest BCUT2D eigenvalue weighted by Gasteiger charge is 2.27. The smallest absolute Gasteiger partial charge is 0.265 e. The van der Waals surface area contributed by atoms with Crippen LogP contribution in [0.25, 0.3) is 10.6 Å². The standard InChI is InChI=1S/C26H28FN3O2S/c1-17-7-9-20(10-8-17)25-29-18(2)24(33-25)26(32)30-13-11-19(12-14-30)15-23(31)28-16-21-5-3-4-6-22(21)27/h3-10,19H,11-16H2,1-2H3,(H,28,31). The first-order valence-electron chi connectivity index (χ1n) is 11.2. The summed E-state index contributed by atoms with van der Waals surface area (Å²) in [5.41, 5.74) is 3.45. The monoisotopic (exact) mass is 465 g/mol. The third-order valence-corrected chi connectivity index (χ3v) is 7.29. The largest absolute Gasteiger partial charge is 0.352 e. The van der Waals surface area contributed by atoms with Gasteiger partial charge in [0.1, 0.15) is 15.7 Å². The molecule has 172 valence electrons. The van der Waals surface area contributed by atoms with Crippen molar-refractivity contribution in [1.29, 1.82) is 0 Å². The zero-order valence-electron chi connectivity index (χ0n) is 18.9. The van der Waals surface area contributed by atoms with Crippen molar-refractivity contribution in [1.82, 2.24) is 15.2 Å². The van der Waals surface area contributed by atoms with E-state index in [4.69, 9.17) is 0 Å². The van der Waals surface area contributed by atoms with E-state index < -0.39 is 0 Å². The molecule has 3 aromatic rings. The Balaban J connectivity index is 1.29. The third-order valence-electron chi connectivity index (χ3n) is 6.10. The lowest BCUT2D eigenvalue weighted by Crippen LogP contribution is -2.39. The van der Waals surface area contributed by atoms with Crippen LogP contribution >= 0.6 is 11.3 Å². The van der Waals surface area contributed by atoms with Crippen molar-refractivity contribution < 1.29 is 14.0 Å². The Morgan fingerprint density at radius 2 is 1.79 bits per heavy atom. The predicted molar refractivity (Wildman–Crippen MR) is 129 cm³/mol. The first kappa shape index (κ1) is 23.1. The van der Waals surface area contributed by atoms with E-state index in [0.717, 1.165) is 29.1 Å². The van der Waals surface area contributed by atoms with E-state index in [0.29, 0.717) is 30.0 Å². The molecule has 0 atom stereocenters. The van der Waals surface area contributed by atoms with Crippen LogP contribution in [-0.2, 0) is 11.3 Å². The van der Waals surface area contributed by atoms with Gasteiger partial charge in [0.25, 0.3) is 5.91 Å². The molecular formula is C26H28FN3O2S. The van der Waals surface area contributed by atoms with Crippen molar-refractivity contribution in [3.63, 3.8) is 0 Å². The van der Waals surface area contributed by atoms with Crippen LogP contribution in [0.15, 0.2) is 48.5 Å². The minimum Gasteiger partial charge on any atom is -0.352 e. The average molecular weight is 466 g/mol. The van der Waals surface area contributed by atoms with E-state index in [9.17, 15) is 14.0 Å². The van der Waals surface area contributed by atoms with Gasteiger partial charge in [-0.2, -0.15) is 0 Å². The van der Waals surface area contributed by atoms with E-state index in [1.54, 1.807) is 18.2 Å². The van der Waals surface area contributed by atoms with Gasteiger partial charge in [-0.15, -0.1) is 11.3 Å². The summed E-state index contributed by atoms with van der Waals surface area (Å²) in [6.07, 6.45) is 1.96. The van der Waals surface area contributed by atoms with Gasteiger partial charge >= 0.3 is 0 Å². The molecule has 2 amide bonds. The Kier molecular flexibility index (Phi) is 7.18. The number of rotatable bonds is 6. The molecule has 0 bridgehead atoms. The summed E-state index contributed by atoms with van der Waals surface area (Å²) in [6.45, 7) is 5.37. The summed E-state index contributed by atoms with van der Waals surface area (Å²) in [6, 6.07) is 14.6. The van der Waals surface area contributed by atoms with E-state index in [1.807, 2.05) is 43.0 Å². The minimum absolute atomic E-state index is 0.0193. The van der Waals surface area contributed by atoms with Crippen LogP contribution in [0.2, 0.25) is 0 Å². The van der Waals surface area contributed by atoms with Crippen molar-refractivity contribution >= 4 is 23.2 Å². The molecule has 7 heteroatoms. The van der Waals surface area contributed by atoms with Crippen molar-refractivity contribution in [2.24, 2.45) is 5.92 Å². The highest BCUT2D eigenvalue weighted by atomic mass is 32.1. The summed E-state index contributed by atoms with van der Waals surface area (Å²) in [7, 11) is 0. The fraction of sp³-hybridized carbons (Fsp3) is 0.346. The highest BCUT2D eigenvalue weighted by Crippen LogP contribution is 2.30. The summed E-state index contributed by atoms with van der Waals surface area (Å²) < 4.78 is 13.7. The van der Waals surface area contributed by atoms with Gasteiger partial charge in [0, 0.05) is 37.2 Å². The molecule has 1 aromatic heterocycles. The number of benzene rings is 2. The molecule has 33 heavy (non-hydrogen) atoms. The second kappa shape index (κ2) is 10.3. The van der Waals surface area contributed by atoms with Crippen LogP contribution in [0, 0.1) is 25.6 Å². The zero-order valence-corrected chi connectivity index (χ0v) is 19.8. The van der Waals surface area contributed by atoms with Crippen molar-refractivity contribution in [3.05, 3.63) is 76.0 Å². The van der Waals surface area contributed by atoms with Crippen LogP contribution in [-0.4, -0.2) is 34.8 Å². The molecule has 0 aliphatic carbocycles. The molecule has 1 saturated heterocycles. The number of carbonyl (C=O) groups is 2. The lowest BCUT2D eigenvalue weighted by atomic mass is 9.93. The number of hydrogen-bond donors (Lipinski definition) is 1. The molecule has 2 aromatic carbocycles. The quantitative estimate of drug-likeness (QED) is 0.549. The number of aromatic nitrogens is 1. The summed E-state index contributed by atoms with van der Waals surface area (Å²) in [5.74, 6) is -0.149. The van der Waals surface area contributed by atoms with Gasteiger partial charge in [-0.05, 0) is 38.7 Å². The van der Waals surface area contributed by atoms with Crippen LogP contribution in [0.1, 0.15) is 45.8 Å². The number of carbonyl (C=O) groups excluding carboxylic acids is 2. The number of nitrogens with one attached hydrogen (secondary N) is 1. The summed E-state index contributed by atoms with van der Waals surface area (Å²) >= 11 is 1.44. The number of aryl methyl sites for hydroxylation is 2. The number of halogens is 1. The van der Waals surface area contributed by atoms with Gasteiger partial charge < -0.3 is 10.2 Å². The van der Waals surface area contributed by atoms with Gasteiger partial charge in [-0.3, -0.25) is 9.59 Å². The van der Waals surface area contributed by atoms with Gasteiger partial charge in [0.2, 0.25) is 5.91 Å². The molecule has 0 radical (unpaired) electrons. The summed E-state index contributed by atoms with van der Waals surface area (Å²) in [5, 5.41) is 3.67. The van der Waals surface area contributed by atoms with Crippen LogP contribution in [0.4, 0.5) is 4.39 Å². The van der Waals surface area contributed by atoms with Crippen molar-refractivity contribution in [2.45, 2.75) is 39.7 Å². The lowest BCUT2D eigenvalue weighted by Gasteiger charge is -2.31. The SMILES string of the molecule is Cc1ccc(-c2nc(C)c(C(=O)N3CCC(CC(=O)NCc4ccccc4F)CC3)s2)cc1. The van der Waals surface area contributed by atoms with Crippen LogP contribution in [0.3, 0.4) is 0 Å². The number of thiazole rings is 1. The van der Waals surface area contributed by atoms with Crippen molar-refractivity contribution in [2.75, 3.05) is 13.1 Å². The van der Waals surface area contributed by atoms with E-state index in [-0.39, 0.29) is 30.1 Å². The number of likely N-dealkylation sites (tertiary alicyclic amines) is 1. The highest BCUT2D eigenvalue weighted by molar-refractivity contribution is 7.17. The first-order valence-corrected chi connectivity index (χ1v) is 12.1. The fourth-order valence-corrected chi connectivity index (χ4v) is 5.11. The predicted octanol–water partition coefficient (Wildman–Crippen LogP) is 5.12. The molecule has 2 heterocycles. The maximum atomic E-state index is 13.7. The van der Waals surface area contributed by atoms with Crippen LogP contribution in [0.5, 0.6) is 0 Å². The normalized spacial score (nSPS) is 14.3. The second-order valence-corrected chi connectivity index (χ2v) is 9.61. The molecule has 1 N–H and O–H groups in total. The molecule has 0 saturated carbocycles. The third kappa shape index (κ3) is 5.66. The molecule has 1 aliphatic heterocycles. The topological polar surface area (TPSA) is 62.3 Å². The Morgan fingerprint density at radius 3 is 2.48 bits per heavy atom. The molecule has 1 fully saturated rings. The van der Waals surface area contributed by atoms with E-state index >= 15 is 0 Å². The number of piperidine rings is 1. The first-order chi connectivity index (χ1) is 15.9. The Morgan fingerprint density at radius 1 is 1.09 bits per heavy atom. The molecule has 4 rings (SSSR count). The van der Waals surface area contributed by atoms with Gasteiger partial charge in [0.15, 0.2) is 0 Å². The number of hydrogen-bond acceptors (Lipinski definition) is 4. The molecule has 5 nitrogen and oxygen atoms in total. The molecule has 0 spiro atoms.